The number of pyridine rings is 1. The molecule has 6 rings (SSSR count). The average molecular weight is 597 g/mol. The highest BCUT2D eigenvalue weighted by atomic mass is 16.5. The predicted molar refractivity (Wildman–Crippen MR) is 169 cm³/mol. The van der Waals surface area contributed by atoms with Crippen LogP contribution in [0.3, 0.4) is 0 Å². The van der Waals surface area contributed by atoms with Gasteiger partial charge in [0.1, 0.15) is 6.10 Å². The van der Waals surface area contributed by atoms with E-state index in [1.54, 1.807) is 46.8 Å². The zero-order chi connectivity index (χ0) is 30.8. The van der Waals surface area contributed by atoms with Crippen molar-refractivity contribution >= 4 is 16.7 Å². The van der Waals surface area contributed by atoms with Crippen LogP contribution >= 0.6 is 0 Å². The minimum atomic E-state index is -0.581. The van der Waals surface area contributed by atoms with Gasteiger partial charge in [0.15, 0.2) is 23.0 Å². The fraction of sp³-hybridized carbons (Fsp3) is 0.389. The first-order valence-electron chi connectivity index (χ1n) is 15.2. The van der Waals surface area contributed by atoms with E-state index in [2.05, 4.69) is 24.0 Å². The lowest BCUT2D eigenvalue weighted by atomic mass is 9.72. The Hall–Kier alpha value is -4.30. The molecule has 0 spiro atoms. The number of esters is 1. The number of aromatic nitrogens is 1. The molecule has 8 nitrogen and oxygen atoms in total. The summed E-state index contributed by atoms with van der Waals surface area (Å²) in [6, 6.07) is 19.4. The van der Waals surface area contributed by atoms with Crippen LogP contribution in [0.2, 0.25) is 0 Å². The van der Waals surface area contributed by atoms with Gasteiger partial charge in [0, 0.05) is 36.6 Å². The van der Waals surface area contributed by atoms with E-state index < -0.39 is 6.10 Å². The van der Waals surface area contributed by atoms with E-state index in [-0.39, 0.29) is 17.9 Å². The van der Waals surface area contributed by atoms with Crippen molar-refractivity contribution in [3.8, 4) is 23.0 Å². The molecule has 3 heterocycles. The van der Waals surface area contributed by atoms with Crippen molar-refractivity contribution in [2.24, 2.45) is 11.8 Å². The summed E-state index contributed by atoms with van der Waals surface area (Å²) in [6.45, 7) is 4.10. The van der Waals surface area contributed by atoms with E-state index in [0.717, 1.165) is 60.3 Å². The second-order valence-corrected chi connectivity index (χ2v) is 11.6. The maximum atomic E-state index is 13.7. The summed E-state index contributed by atoms with van der Waals surface area (Å²) < 4.78 is 29.2. The lowest BCUT2D eigenvalue weighted by Crippen LogP contribution is -2.47. The normalized spacial score (nSPS) is 20.2. The van der Waals surface area contributed by atoms with Crippen LogP contribution in [-0.4, -0.2) is 57.4 Å². The molecule has 230 valence electrons. The number of piperidine rings is 1. The monoisotopic (exact) mass is 596 g/mol. The Morgan fingerprint density at radius 3 is 2.30 bits per heavy atom. The van der Waals surface area contributed by atoms with Crippen LogP contribution in [0.15, 0.2) is 66.9 Å². The smallest absolute Gasteiger partial charge is 0.338 e. The highest BCUT2D eigenvalue weighted by Gasteiger charge is 2.44. The molecular formula is C36H40N2O6. The number of carbonyl (C=O) groups is 1. The molecular weight excluding hydrogens is 556 g/mol. The summed E-state index contributed by atoms with van der Waals surface area (Å²) in [5.41, 5.74) is 3.77. The molecule has 0 radical (unpaired) electrons. The third-order valence-electron chi connectivity index (χ3n) is 9.41. The molecule has 2 aliphatic heterocycles. The minimum absolute atomic E-state index is 0.0131. The second-order valence-electron chi connectivity index (χ2n) is 11.6. The van der Waals surface area contributed by atoms with Crippen molar-refractivity contribution in [1.82, 2.24) is 9.88 Å². The highest BCUT2D eigenvalue weighted by Crippen LogP contribution is 2.50. The van der Waals surface area contributed by atoms with Gasteiger partial charge in [0.25, 0.3) is 0 Å². The molecule has 1 aromatic heterocycles. The fourth-order valence-electron chi connectivity index (χ4n) is 7.12. The largest absolute Gasteiger partial charge is 0.493 e. The van der Waals surface area contributed by atoms with Gasteiger partial charge in [-0.1, -0.05) is 31.5 Å². The zero-order valence-electron chi connectivity index (χ0n) is 26.0. The molecule has 8 heteroatoms. The molecule has 44 heavy (non-hydrogen) atoms. The maximum Gasteiger partial charge on any atom is 0.338 e. The van der Waals surface area contributed by atoms with Crippen LogP contribution < -0.4 is 18.9 Å². The number of fused-ring (bicyclic) bond motifs is 4. The van der Waals surface area contributed by atoms with E-state index in [0.29, 0.717) is 23.0 Å². The van der Waals surface area contributed by atoms with Crippen molar-refractivity contribution < 1.29 is 28.5 Å². The lowest BCUT2D eigenvalue weighted by Gasteiger charge is -2.48. The first-order chi connectivity index (χ1) is 21.5. The molecule has 4 unspecified atom stereocenters. The van der Waals surface area contributed by atoms with Gasteiger partial charge in [-0.3, -0.25) is 9.88 Å². The molecule has 2 aliphatic rings. The third-order valence-corrected chi connectivity index (χ3v) is 9.41. The molecule has 1 fully saturated rings. The van der Waals surface area contributed by atoms with Gasteiger partial charge >= 0.3 is 5.97 Å². The first kappa shape index (κ1) is 29.8. The number of hydrogen-bond donors (Lipinski definition) is 0. The van der Waals surface area contributed by atoms with Gasteiger partial charge in [-0.25, -0.2) is 4.79 Å². The SMILES string of the molecule is CCC1CN2CCc3cc(OC)c(OC)cc3C2CC1C(OC(=O)c1ccccc1)c1nccc2cc(OC)c(OC)cc12. The summed E-state index contributed by atoms with van der Waals surface area (Å²) in [5.74, 6) is 2.66. The molecule has 4 atom stereocenters. The van der Waals surface area contributed by atoms with Gasteiger partial charge in [-0.15, -0.1) is 0 Å². The molecule has 0 amide bonds. The topological polar surface area (TPSA) is 79.4 Å². The van der Waals surface area contributed by atoms with Gasteiger partial charge in [0.05, 0.1) is 39.7 Å². The molecule has 0 N–H and O–H groups in total. The Bertz CT molecular complexity index is 1640. The van der Waals surface area contributed by atoms with Crippen LogP contribution in [-0.2, 0) is 11.2 Å². The number of hydrogen-bond acceptors (Lipinski definition) is 8. The minimum Gasteiger partial charge on any atom is -0.493 e. The Kier molecular flexibility index (Phi) is 8.62. The predicted octanol–water partition coefficient (Wildman–Crippen LogP) is 6.81. The van der Waals surface area contributed by atoms with Crippen LogP contribution in [0, 0.1) is 11.8 Å². The number of methoxy groups -OCH3 is 4. The van der Waals surface area contributed by atoms with E-state index in [1.165, 1.54) is 11.1 Å². The second kappa shape index (κ2) is 12.7. The van der Waals surface area contributed by atoms with Gasteiger partial charge in [-0.05, 0) is 77.7 Å². The number of ether oxygens (including phenoxy) is 5. The Morgan fingerprint density at radius 2 is 1.59 bits per heavy atom. The highest BCUT2D eigenvalue weighted by molar-refractivity contribution is 5.91. The number of rotatable bonds is 9. The Morgan fingerprint density at radius 1 is 0.909 bits per heavy atom. The summed E-state index contributed by atoms with van der Waals surface area (Å²) in [6.07, 6.45) is 3.91. The van der Waals surface area contributed by atoms with Crippen LogP contribution in [0.4, 0.5) is 0 Å². The Balaban J connectivity index is 1.47. The van der Waals surface area contributed by atoms with Crippen molar-refractivity contribution in [3.63, 3.8) is 0 Å². The van der Waals surface area contributed by atoms with Gasteiger partial charge in [-0.2, -0.15) is 0 Å². The summed E-state index contributed by atoms with van der Waals surface area (Å²) in [4.78, 5) is 21.2. The molecule has 0 bridgehead atoms. The van der Waals surface area contributed by atoms with Gasteiger partial charge in [0.2, 0.25) is 0 Å². The molecule has 3 aromatic carbocycles. The molecule has 1 saturated heterocycles. The van der Waals surface area contributed by atoms with Crippen LogP contribution in [0.5, 0.6) is 23.0 Å². The van der Waals surface area contributed by atoms with Crippen molar-refractivity contribution in [1.29, 1.82) is 0 Å². The molecule has 4 aromatic rings. The summed E-state index contributed by atoms with van der Waals surface area (Å²) in [5, 5.41) is 1.82. The third kappa shape index (κ3) is 5.43. The lowest BCUT2D eigenvalue weighted by molar-refractivity contribution is -0.0382. The molecule has 0 aliphatic carbocycles. The van der Waals surface area contributed by atoms with E-state index in [4.69, 9.17) is 28.7 Å². The van der Waals surface area contributed by atoms with Crippen molar-refractivity contribution in [3.05, 3.63) is 89.2 Å². The Labute approximate surface area is 258 Å². The quantitative estimate of drug-likeness (QED) is 0.195. The van der Waals surface area contributed by atoms with E-state index in [9.17, 15) is 4.79 Å². The van der Waals surface area contributed by atoms with Crippen molar-refractivity contribution in [2.75, 3.05) is 41.5 Å². The molecule has 0 saturated carbocycles. The fourth-order valence-corrected chi connectivity index (χ4v) is 7.12. The standard InChI is InChI=1S/C36H40N2O6/c1-6-22-21-38-15-13-25-17-31(41-3)32(42-4)19-26(25)29(38)18-28(22)35(44-36(39)23-10-8-7-9-11-23)34-27-20-33(43-5)30(40-2)16-24(27)12-14-37-34/h7-12,14,16-17,19-20,22,28-29,35H,6,13,15,18,21H2,1-5H3. The zero-order valence-corrected chi connectivity index (χ0v) is 26.0. The number of carbonyl (C=O) groups excluding carboxylic acids is 1. The van der Waals surface area contributed by atoms with Crippen LogP contribution in [0.25, 0.3) is 10.8 Å². The average Bonchev–Trinajstić information content (AvgIpc) is 3.08. The maximum absolute atomic E-state index is 13.7. The number of nitrogens with zero attached hydrogens (tertiary/aromatic N) is 2. The van der Waals surface area contributed by atoms with E-state index >= 15 is 0 Å². The van der Waals surface area contributed by atoms with E-state index in [1.807, 2.05) is 36.4 Å². The van der Waals surface area contributed by atoms with Crippen molar-refractivity contribution in [2.45, 2.75) is 38.3 Å². The summed E-state index contributed by atoms with van der Waals surface area (Å²) >= 11 is 0. The van der Waals surface area contributed by atoms with Gasteiger partial charge < -0.3 is 23.7 Å². The summed E-state index contributed by atoms with van der Waals surface area (Å²) in [7, 11) is 6.60. The van der Waals surface area contributed by atoms with Crippen LogP contribution in [0.1, 0.15) is 59.1 Å². The number of benzene rings is 3. The first-order valence-corrected chi connectivity index (χ1v) is 15.2.